The highest BCUT2D eigenvalue weighted by molar-refractivity contribution is 9.10. The molecule has 0 aromatic carbocycles. The highest BCUT2D eigenvalue weighted by Crippen LogP contribution is 2.20. The molecule has 0 aliphatic rings. The fourth-order valence-electron chi connectivity index (χ4n) is 0.776. The number of aliphatic hydroxyl groups is 1. The Hall–Kier alpha value is 0.1000. The van der Waals surface area contributed by atoms with Crippen LogP contribution < -0.4 is 5.73 Å². The molecule has 0 aliphatic carbocycles. The van der Waals surface area contributed by atoms with Crippen LogP contribution in [0.15, 0.2) is 15.9 Å². The maximum absolute atomic E-state index is 9.19. The van der Waals surface area contributed by atoms with Crippen molar-refractivity contribution in [3.8, 4) is 0 Å². The lowest BCUT2D eigenvalue weighted by Gasteiger charge is -2.03. The second-order valence-corrected chi connectivity index (χ2v) is 4.24. The number of hydrogen-bond acceptors (Lipinski definition) is 3. The molecule has 3 N–H and O–H groups in total. The monoisotopic (exact) mass is 235 g/mol. The number of thiophene rings is 1. The number of rotatable bonds is 3. The Morgan fingerprint density at radius 2 is 2.45 bits per heavy atom. The average molecular weight is 236 g/mol. The molecule has 1 unspecified atom stereocenters. The van der Waals surface area contributed by atoms with Crippen molar-refractivity contribution in [1.29, 1.82) is 0 Å². The first-order valence-corrected chi connectivity index (χ1v) is 5.00. The summed E-state index contributed by atoms with van der Waals surface area (Å²) in [5.74, 6) is 0. The molecule has 0 saturated carbocycles. The summed E-state index contributed by atoms with van der Waals surface area (Å²) in [6.45, 7) is 0.329. The van der Waals surface area contributed by atoms with Gasteiger partial charge in [0.25, 0.3) is 0 Å². The Morgan fingerprint density at radius 1 is 1.73 bits per heavy atom. The molecule has 0 amide bonds. The summed E-state index contributed by atoms with van der Waals surface area (Å²) in [6.07, 6.45) is 0.257. The van der Waals surface area contributed by atoms with E-state index in [0.29, 0.717) is 13.0 Å². The van der Waals surface area contributed by atoms with E-state index in [1.54, 1.807) is 11.3 Å². The van der Waals surface area contributed by atoms with Gasteiger partial charge in [-0.1, -0.05) is 0 Å². The summed E-state index contributed by atoms with van der Waals surface area (Å²) in [4.78, 5) is 1.16. The maximum atomic E-state index is 9.19. The predicted molar refractivity (Wildman–Crippen MR) is 50.8 cm³/mol. The van der Waals surface area contributed by atoms with Gasteiger partial charge in [-0.25, -0.2) is 0 Å². The molecular formula is C7H10BrNOS. The van der Waals surface area contributed by atoms with Gasteiger partial charge in [-0.3, -0.25) is 0 Å². The minimum atomic E-state index is -0.402. The zero-order chi connectivity index (χ0) is 8.27. The standard InChI is InChI=1S/C7H10BrNOS/c8-5-1-7(11-4-5)2-6(10)3-9/h1,4,6,10H,2-3,9H2. The van der Waals surface area contributed by atoms with Crippen molar-refractivity contribution >= 4 is 27.3 Å². The molecule has 1 heterocycles. The van der Waals surface area contributed by atoms with Crippen LogP contribution in [0.1, 0.15) is 4.88 Å². The minimum absolute atomic E-state index is 0.329. The predicted octanol–water partition coefficient (Wildman–Crippen LogP) is 1.37. The normalized spacial score (nSPS) is 13.4. The fraction of sp³-hybridized carbons (Fsp3) is 0.429. The number of nitrogens with two attached hydrogens (primary N) is 1. The largest absolute Gasteiger partial charge is 0.391 e. The number of aliphatic hydroxyl groups excluding tert-OH is 1. The third-order valence-corrected chi connectivity index (χ3v) is 3.05. The van der Waals surface area contributed by atoms with Crippen LogP contribution in [0, 0.1) is 0 Å². The molecule has 0 saturated heterocycles. The van der Waals surface area contributed by atoms with Gasteiger partial charge in [-0.2, -0.15) is 0 Å². The molecule has 1 rings (SSSR count). The molecule has 2 nitrogen and oxygen atoms in total. The first kappa shape index (κ1) is 9.19. The van der Waals surface area contributed by atoms with Crippen LogP contribution in [-0.2, 0) is 6.42 Å². The molecule has 4 heteroatoms. The molecule has 0 fully saturated rings. The SMILES string of the molecule is NCC(O)Cc1cc(Br)cs1. The van der Waals surface area contributed by atoms with Crippen LogP contribution in [0.4, 0.5) is 0 Å². The summed E-state index contributed by atoms with van der Waals surface area (Å²) in [7, 11) is 0. The Kier molecular flexibility index (Phi) is 3.51. The second kappa shape index (κ2) is 4.21. The molecule has 0 bridgehead atoms. The summed E-state index contributed by atoms with van der Waals surface area (Å²) in [5, 5.41) is 11.2. The van der Waals surface area contributed by atoms with E-state index in [9.17, 15) is 5.11 Å². The molecule has 1 aromatic heterocycles. The van der Waals surface area contributed by atoms with E-state index in [2.05, 4.69) is 15.9 Å². The van der Waals surface area contributed by atoms with E-state index in [1.165, 1.54) is 0 Å². The van der Waals surface area contributed by atoms with Gasteiger partial charge in [0.05, 0.1) is 6.10 Å². The highest BCUT2D eigenvalue weighted by Gasteiger charge is 2.04. The van der Waals surface area contributed by atoms with Gasteiger partial charge in [0.1, 0.15) is 0 Å². The smallest absolute Gasteiger partial charge is 0.0710 e. The summed E-state index contributed by atoms with van der Waals surface area (Å²) < 4.78 is 1.07. The van der Waals surface area contributed by atoms with Gasteiger partial charge in [0, 0.05) is 27.7 Å². The van der Waals surface area contributed by atoms with E-state index in [4.69, 9.17) is 5.73 Å². The van der Waals surface area contributed by atoms with E-state index >= 15 is 0 Å². The van der Waals surface area contributed by atoms with Crippen LogP contribution in [0.3, 0.4) is 0 Å². The van der Waals surface area contributed by atoms with Crippen LogP contribution in [0.5, 0.6) is 0 Å². The average Bonchev–Trinajstić information content (AvgIpc) is 2.35. The first-order chi connectivity index (χ1) is 5.22. The molecule has 0 radical (unpaired) electrons. The van der Waals surface area contributed by atoms with Crippen molar-refractivity contribution < 1.29 is 5.11 Å². The summed E-state index contributed by atoms with van der Waals surface area (Å²) in [5.41, 5.74) is 5.27. The minimum Gasteiger partial charge on any atom is -0.391 e. The van der Waals surface area contributed by atoms with Gasteiger partial charge >= 0.3 is 0 Å². The molecule has 0 aliphatic heterocycles. The number of halogens is 1. The molecule has 0 spiro atoms. The van der Waals surface area contributed by atoms with Crippen molar-refractivity contribution in [3.05, 3.63) is 20.8 Å². The van der Waals surface area contributed by atoms with Crippen LogP contribution in [0.25, 0.3) is 0 Å². The second-order valence-electron chi connectivity index (χ2n) is 2.32. The van der Waals surface area contributed by atoms with Crippen LogP contribution in [-0.4, -0.2) is 17.8 Å². The van der Waals surface area contributed by atoms with Gasteiger partial charge in [-0.15, -0.1) is 11.3 Å². The van der Waals surface area contributed by atoms with Gasteiger partial charge in [0.15, 0.2) is 0 Å². The lowest BCUT2D eigenvalue weighted by atomic mass is 10.2. The topological polar surface area (TPSA) is 46.2 Å². The van der Waals surface area contributed by atoms with Crippen molar-refractivity contribution in [3.63, 3.8) is 0 Å². The fourth-order valence-corrected chi connectivity index (χ4v) is 2.30. The lowest BCUT2D eigenvalue weighted by Crippen LogP contribution is -2.21. The Morgan fingerprint density at radius 3 is 2.91 bits per heavy atom. The number of hydrogen-bond donors (Lipinski definition) is 2. The van der Waals surface area contributed by atoms with Crippen LogP contribution >= 0.6 is 27.3 Å². The van der Waals surface area contributed by atoms with Gasteiger partial charge in [0.2, 0.25) is 0 Å². The highest BCUT2D eigenvalue weighted by atomic mass is 79.9. The Labute approximate surface area is 78.2 Å². The van der Waals surface area contributed by atoms with E-state index in [-0.39, 0.29) is 0 Å². The third kappa shape index (κ3) is 2.91. The Bertz CT molecular complexity index is 226. The molecule has 1 atom stereocenters. The zero-order valence-electron chi connectivity index (χ0n) is 5.96. The van der Waals surface area contributed by atoms with Crippen molar-refractivity contribution in [1.82, 2.24) is 0 Å². The summed E-state index contributed by atoms with van der Waals surface area (Å²) >= 11 is 4.97. The third-order valence-electron chi connectivity index (χ3n) is 1.33. The Balaban J connectivity index is 2.50. The van der Waals surface area contributed by atoms with Gasteiger partial charge in [-0.05, 0) is 22.0 Å². The molecule has 62 valence electrons. The zero-order valence-corrected chi connectivity index (χ0v) is 8.36. The maximum Gasteiger partial charge on any atom is 0.0710 e. The molecule has 1 aromatic rings. The summed E-state index contributed by atoms with van der Waals surface area (Å²) in [6, 6.07) is 2.00. The molecule has 11 heavy (non-hydrogen) atoms. The van der Waals surface area contributed by atoms with Crippen molar-refractivity contribution in [2.75, 3.05) is 6.54 Å². The van der Waals surface area contributed by atoms with E-state index < -0.39 is 6.10 Å². The quantitative estimate of drug-likeness (QED) is 0.832. The van der Waals surface area contributed by atoms with E-state index in [0.717, 1.165) is 9.35 Å². The lowest BCUT2D eigenvalue weighted by molar-refractivity contribution is 0.184. The molecular weight excluding hydrogens is 226 g/mol. The first-order valence-electron chi connectivity index (χ1n) is 3.33. The van der Waals surface area contributed by atoms with Crippen molar-refractivity contribution in [2.45, 2.75) is 12.5 Å². The van der Waals surface area contributed by atoms with Crippen molar-refractivity contribution in [2.24, 2.45) is 5.73 Å². The van der Waals surface area contributed by atoms with Crippen LogP contribution in [0.2, 0.25) is 0 Å². The van der Waals surface area contributed by atoms with Gasteiger partial charge < -0.3 is 10.8 Å². The van der Waals surface area contributed by atoms with E-state index in [1.807, 2.05) is 11.4 Å².